The van der Waals surface area contributed by atoms with Crippen LogP contribution in [0.5, 0.6) is 0 Å². The number of aromatic nitrogens is 2. The summed E-state index contributed by atoms with van der Waals surface area (Å²) in [5, 5.41) is 5.80. The number of nitrogens with one attached hydrogen (secondary N) is 2. The van der Waals surface area contributed by atoms with Gasteiger partial charge in [-0.2, -0.15) is 0 Å². The van der Waals surface area contributed by atoms with Crippen LogP contribution in [0.25, 0.3) is 0 Å². The number of rotatable bonds is 8. The van der Waals surface area contributed by atoms with Gasteiger partial charge in [0.1, 0.15) is 5.60 Å². The first kappa shape index (κ1) is 19.2. The fraction of sp³-hybridized carbons (Fsp3) is 0.706. The highest BCUT2D eigenvalue weighted by atomic mass is 16.6. The van der Waals surface area contributed by atoms with Crippen molar-refractivity contribution in [2.45, 2.75) is 65.9 Å². The van der Waals surface area contributed by atoms with Gasteiger partial charge < -0.3 is 15.4 Å². The number of aryl methyl sites for hydroxylation is 2. The van der Waals surface area contributed by atoms with Crippen molar-refractivity contribution in [3.63, 3.8) is 0 Å². The SMILES string of the molecule is CCCCCc1cnc(NCCNC(=O)OC(C)(C)C)nc1C. The number of unbranched alkanes of at least 4 members (excludes halogenated alkanes) is 2. The van der Waals surface area contributed by atoms with Gasteiger partial charge in [0.05, 0.1) is 0 Å². The van der Waals surface area contributed by atoms with E-state index in [0.29, 0.717) is 19.0 Å². The topological polar surface area (TPSA) is 76.1 Å². The first-order chi connectivity index (χ1) is 10.8. The molecule has 0 aromatic carbocycles. The standard InChI is InChI=1S/C17H30N4O2/c1-6-7-8-9-14-12-20-15(21-13(14)2)18-10-11-19-16(22)23-17(3,4)5/h12H,6-11H2,1-5H3,(H,19,22)(H,18,20,21). The van der Waals surface area contributed by atoms with Crippen molar-refractivity contribution < 1.29 is 9.53 Å². The Balaban J connectivity index is 2.32. The Bertz CT molecular complexity index is 498. The summed E-state index contributed by atoms with van der Waals surface area (Å²) in [5.74, 6) is 0.590. The molecule has 1 aromatic rings. The van der Waals surface area contributed by atoms with Crippen LogP contribution in [-0.4, -0.2) is 34.8 Å². The molecule has 1 rings (SSSR count). The maximum atomic E-state index is 11.5. The Morgan fingerprint density at radius 3 is 2.61 bits per heavy atom. The molecule has 0 aliphatic rings. The minimum absolute atomic E-state index is 0.414. The number of anilines is 1. The molecule has 1 aromatic heterocycles. The molecular formula is C17H30N4O2. The Hall–Kier alpha value is -1.85. The highest BCUT2D eigenvalue weighted by molar-refractivity contribution is 5.67. The van der Waals surface area contributed by atoms with Crippen LogP contribution < -0.4 is 10.6 Å². The Morgan fingerprint density at radius 2 is 2.00 bits per heavy atom. The molecule has 0 saturated carbocycles. The van der Waals surface area contributed by atoms with Crippen LogP contribution in [0.2, 0.25) is 0 Å². The van der Waals surface area contributed by atoms with Crippen molar-refractivity contribution in [2.24, 2.45) is 0 Å². The number of nitrogens with zero attached hydrogens (tertiary/aromatic N) is 2. The van der Waals surface area contributed by atoms with Crippen LogP contribution in [-0.2, 0) is 11.2 Å². The first-order valence-corrected chi connectivity index (χ1v) is 8.35. The van der Waals surface area contributed by atoms with Gasteiger partial charge >= 0.3 is 6.09 Å². The largest absolute Gasteiger partial charge is 0.444 e. The Kier molecular flexibility index (Phi) is 7.78. The molecular weight excluding hydrogens is 292 g/mol. The van der Waals surface area contributed by atoms with Gasteiger partial charge in [-0.15, -0.1) is 0 Å². The molecule has 0 spiro atoms. The van der Waals surface area contributed by atoms with E-state index in [1.54, 1.807) is 0 Å². The van der Waals surface area contributed by atoms with Crippen LogP contribution in [0.15, 0.2) is 6.20 Å². The van der Waals surface area contributed by atoms with Gasteiger partial charge in [0.25, 0.3) is 0 Å². The van der Waals surface area contributed by atoms with Crippen LogP contribution in [0.4, 0.5) is 10.7 Å². The van der Waals surface area contributed by atoms with E-state index in [2.05, 4.69) is 27.5 Å². The number of hydrogen-bond acceptors (Lipinski definition) is 5. The smallest absolute Gasteiger partial charge is 0.407 e. The molecule has 0 fully saturated rings. The molecule has 0 saturated heterocycles. The lowest BCUT2D eigenvalue weighted by Crippen LogP contribution is -2.35. The molecule has 0 bridgehead atoms. The van der Waals surface area contributed by atoms with Crippen LogP contribution in [0.3, 0.4) is 0 Å². The summed E-state index contributed by atoms with van der Waals surface area (Å²) >= 11 is 0. The predicted molar refractivity (Wildman–Crippen MR) is 92.7 cm³/mol. The highest BCUT2D eigenvalue weighted by Crippen LogP contribution is 2.11. The van der Waals surface area contributed by atoms with Crippen LogP contribution in [0.1, 0.15) is 58.2 Å². The average Bonchev–Trinajstić information content (AvgIpc) is 2.44. The van der Waals surface area contributed by atoms with E-state index in [0.717, 1.165) is 12.1 Å². The molecule has 23 heavy (non-hydrogen) atoms. The zero-order valence-corrected chi connectivity index (χ0v) is 15.0. The number of hydrogen-bond donors (Lipinski definition) is 2. The van der Waals surface area contributed by atoms with Gasteiger partial charge in [-0.1, -0.05) is 19.8 Å². The van der Waals surface area contributed by atoms with Gasteiger partial charge in [-0.25, -0.2) is 14.8 Å². The van der Waals surface area contributed by atoms with E-state index in [4.69, 9.17) is 4.74 Å². The van der Waals surface area contributed by atoms with E-state index < -0.39 is 11.7 Å². The number of carbonyl (C=O) groups is 1. The summed E-state index contributed by atoms with van der Waals surface area (Å²) in [6, 6.07) is 0. The lowest BCUT2D eigenvalue weighted by Gasteiger charge is -2.19. The second kappa shape index (κ2) is 9.33. The monoisotopic (exact) mass is 322 g/mol. The third kappa shape index (κ3) is 8.38. The summed E-state index contributed by atoms with van der Waals surface area (Å²) in [6.45, 7) is 10.7. The summed E-state index contributed by atoms with van der Waals surface area (Å²) in [6.07, 6.45) is 6.12. The third-order valence-corrected chi connectivity index (χ3v) is 3.21. The predicted octanol–water partition coefficient (Wildman–Crippen LogP) is 3.45. The zero-order chi connectivity index (χ0) is 17.3. The normalized spacial score (nSPS) is 11.2. The first-order valence-electron chi connectivity index (χ1n) is 8.35. The molecule has 6 nitrogen and oxygen atoms in total. The molecule has 0 aliphatic heterocycles. The summed E-state index contributed by atoms with van der Waals surface area (Å²) in [4.78, 5) is 20.3. The number of ether oxygens (including phenoxy) is 1. The number of alkyl carbamates (subject to hydrolysis) is 1. The molecule has 0 atom stereocenters. The van der Waals surface area contributed by atoms with E-state index in [1.807, 2.05) is 33.9 Å². The second-order valence-corrected chi connectivity index (χ2v) is 6.62. The summed E-state index contributed by atoms with van der Waals surface area (Å²) in [5.41, 5.74) is 1.74. The summed E-state index contributed by atoms with van der Waals surface area (Å²) < 4.78 is 5.16. The van der Waals surface area contributed by atoms with E-state index in [1.165, 1.54) is 24.8 Å². The van der Waals surface area contributed by atoms with E-state index >= 15 is 0 Å². The van der Waals surface area contributed by atoms with Gasteiger partial charge in [0.2, 0.25) is 5.95 Å². The summed E-state index contributed by atoms with van der Waals surface area (Å²) in [7, 11) is 0. The molecule has 130 valence electrons. The lowest BCUT2D eigenvalue weighted by molar-refractivity contribution is 0.0530. The van der Waals surface area contributed by atoms with Crippen molar-refractivity contribution in [3.05, 3.63) is 17.5 Å². The number of carbonyl (C=O) groups excluding carboxylic acids is 1. The van der Waals surface area contributed by atoms with Crippen molar-refractivity contribution in [3.8, 4) is 0 Å². The van der Waals surface area contributed by atoms with Crippen molar-refractivity contribution in [2.75, 3.05) is 18.4 Å². The van der Waals surface area contributed by atoms with Gasteiger partial charge in [-0.05, 0) is 46.1 Å². The molecule has 0 aliphatic carbocycles. The third-order valence-electron chi connectivity index (χ3n) is 3.21. The van der Waals surface area contributed by atoms with E-state index in [9.17, 15) is 4.79 Å². The Labute approximate surface area is 139 Å². The van der Waals surface area contributed by atoms with E-state index in [-0.39, 0.29) is 0 Å². The number of amides is 1. The zero-order valence-electron chi connectivity index (χ0n) is 15.0. The van der Waals surface area contributed by atoms with Crippen molar-refractivity contribution in [1.82, 2.24) is 15.3 Å². The van der Waals surface area contributed by atoms with Gasteiger partial charge in [0, 0.05) is 25.0 Å². The molecule has 0 radical (unpaired) electrons. The lowest BCUT2D eigenvalue weighted by atomic mass is 10.1. The fourth-order valence-electron chi connectivity index (χ4n) is 2.04. The maximum Gasteiger partial charge on any atom is 0.407 e. The van der Waals surface area contributed by atoms with Gasteiger partial charge in [-0.3, -0.25) is 0 Å². The Morgan fingerprint density at radius 1 is 1.26 bits per heavy atom. The molecule has 2 N–H and O–H groups in total. The molecule has 1 heterocycles. The maximum absolute atomic E-state index is 11.5. The fourth-order valence-corrected chi connectivity index (χ4v) is 2.04. The molecule has 6 heteroatoms. The van der Waals surface area contributed by atoms with Crippen molar-refractivity contribution in [1.29, 1.82) is 0 Å². The average molecular weight is 322 g/mol. The minimum atomic E-state index is -0.481. The molecule has 1 amide bonds. The highest BCUT2D eigenvalue weighted by Gasteiger charge is 2.15. The van der Waals surface area contributed by atoms with Crippen LogP contribution in [0, 0.1) is 6.92 Å². The van der Waals surface area contributed by atoms with Crippen molar-refractivity contribution >= 4 is 12.0 Å². The molecule has 0 unspecified atom stereocenters. The second-order valence-electron chi connectivity index (χ2n) is 6.62. The minimum Gasteiger partial charge on any atom is -0.444 e. The van der Waals surface area contributed by atoms with Gasteiger partial charge in [0.15, 0.2) is 0 Å². The van der Waals surface area contributed by atoms with Crippen LogP contribution >= 0.6 is 0 Å². The quantitative estimate of drug-likeness (QED) is 0.717.